The van der Waals surface area contributed by atoms with Crippen molar-refractivity contribution >= 4 is 17.9 Å². The summed E-state index contributed by atoms with van der Waals surface area (Å²) < 4.78 is 8.00. The summed E-state index contributed by atoms with van der Waals surface area (Å²) in [5, 5.41) is 15.0. The van der Waals surface area contributed by atoms with Crippen LogP contribution in [-0.4, -0.2) is 29.5 Å². The van der Waals surface area contributed by atoms with Crippen LogP contribution in [0.4, 0.5) is 5.69 Å². The predicted molar refractivity (Wildman–Crippen MR) is 94.9 cm³/mol. The second-order valence-corrected chi connectivity index (χ2v) is 6.31. The molecule has 0 saturated carbocycles. The molecule has 1 aromatic heterocycles. The third-order valence-corrected chi connectivity index (χ3v) is 4.54. The van der Waals surface area contributed by atoms with Crippen LogP contribution in [0.5, 0.6) is 0 Å². The van der Waals surface area contributed by atoms with Gasteiger partial charge in [-0.25, -0.2) is 0 Å². The summed E-state index contributed by atoms with van der Waals surface area (Å²) in [4.78, 5) is 10.7. The Balaban J connectivity index is 1.65. The van der Waals surface area contributed by atoms with E-state index in [-0.39, 0.29) is 5.56 Å². The molecule has 0 radical (unpaired) electrons. The van der Waals surface area contributed by atoms with Crippen molar-refractivity contribution in [2.75, 3.05) is 12.0 Å². The smallest absolute Gasteiger partial charge is 0.0754 e. The number of carboxylic acids is 1. The van der Waals surface area contributed by atoms with Gasteiger partial charge in [0.2, 0.25) is 0 Å². The van der Waals surface area contributed by atoms with Crippen molar-refractivity contribution in [3.8, 4) is 0 Å². The van der Waals surface area contributed by atoms with Gasteiger partial charge in [-0.15, -0.1) is 0 Å². The summed E-state index contributed by atoms with van der Waals surface area (Å²) in [6, 6.07) is 8.39. The fourth-order valence-electron chi connectivity index (χ4n) is 3.09. The van der Waals surface area contributed by atoms with Gasteiger partial charge >= 0.3 is 0 Å². The Hall–Kier alpha value is -2.60. The lowest BCUT2D eigenvalue weighted by molar-refractivity contribution is -0.255. The van der Waals surface area contributed by atoms with Gasteiger partial charge in [0.1, 0.15) is 0 Å². The first-order valence-electron chi connectivity index (χ1n) is 8.43. The molecule has 6 heteroatoms. The Morgan fingerprint density at radius 3 is 2.80 bits per heavy atom. The monoisotopic (exact) mass is 340 g/mol. The molecule has 132 valence electrons. The zero-order chi connectivity index (χ0) is 17.8. The van der Waals surface area contributed by atoms with E-state index in [2.05, 4.69) is 35.0 Å². The van der Waals surface area contributed by atoms with Crippen molar-refractivity contribution in [3.63, 3.8) is 0 Å². The standard InChI is InChI=1S/C19H23N3O3/c1-13-10-16(14(2)22(13)12-18-4-3-9-25-18)11-20-21-17-7-5-15(6-8-17)19(23)24/h5-8,10-11,18,21H,3-4,9,12H2,1-2H3,(H,23,24)/p-1/b20-11-/t18-/m0/s1. The third kappa shape index (κ3) is 4.09. The Morgan fingerprint density at radius 1 is 1.40 bits per heavy atom. The SMILES string of the molecule is Cc1cc(/C=N\Nc2ccc(C(=O)[O-])cc2)c(C)n1C[C@@H]1CCCO1. The van der Waals surface area contributed by atoms with Crippen molar-refractivity contribution < 1.29 is 14.6 Å². The molecule has 3 rings (SSSR count). The second-order valence-electron chi connectivity index (χ2n) is 6.31. The number of aryl methyl sites for hydroxylation is 1. The van der Waals surface area contributed by atoms with Gasteiger partial charge in [0.15, 0.2) is 0 Å². The minimum atomic E-state index is -1.19. The quantitative estimate of drug-likeness (QED) is 0.645. The number of nitrogens with zero attached hydrogens (tertiary/aromatic N) is 2. The van der Waals surface area contributed by atoms with Gasteiger partial charge in [-0.05, 0) is 50.5 Å². The minimum Gasteiger partial charge on any atom is -0.545 e. The zero-order valence-corrected chi connectivity index (χ0v) is 14.5. The van der Waals surface area contributed by atoms with Crippen molar-refractivity contribution in [2.45, 2.75) is 39.3 Å². The highest BCUT2D eigenvalue weighted by Crippen LogP contribution is 2.19. The van der Waals surface area contributed by atoms with E-state index in [1.807, 2.05) is 0 Å². The average Bonchev–Trinajstić information content (AvgIpc) is 3.20. The summed E-state index contributed by atoms with van der Waals surface area (Å²) in [6.07, 6.45) is 4.33. The van der Waals surface area contributed by atoms with Crippen LogP contribution in [0, 0.1) is 13.8 Å². The van der Waals surface area contributed by atoms with Crippen LogP contribution in [0.3, 0.4) is 0 Å². The molecule has 2 heterocycles. The number of aromatic nitrogens is 1. The third-order valence-electron chi connectivity index (χ3n) is 4.54. The lowest BCUT2D eigenvalue weighted by atomic mass is 10.2. The largest absolute Gasteiger partial charge is 0.545 e. The second kappa shape index (κ2) is 7.53. The van der Waals surface area contributed by atoms with Crippen LogP contribution in [0.15, 0.2) is 35.4 Å². The van der Waals surface area contributed by atoms with Gasteiger partial charge in [0.25, 0.3) is 0 Å². The maximum absolute atomic E-state index is 10.7. The van der Waals surface area contributed by atoms with E-state index in [9.17, 15) is 9.90 Å². The molecule has 25 heavy (non-hydrogen) atoms. The molecular weight excluding hydrogens is 318 g/mol. The molecule has 1 N–H and O–H groups in total. The number of hydrazone groups is 1. The molecule has 0 unspecified atom stereocenters. The number of ether oxygens (including phenoxy) is 1. The first-order chi connectivity index (χ1) is 12.0. The number of anilines is 1. The maximum Gasteiger partial charge on any atom is 0.0754 e. The minimum absolute atomic E-state index is 0.146. The summed E-state index contributed by atoms with van der Waals surface area (Å²) in [7, 11) is 0. The highest BCUT2D eigenvalue weighted by Gasteiger charge is 2.18. The van der Waals surface area contributed by atoms with Gasteiger partial charge in [-0.3, -0.25) is 5.43 Å². The molecule has 1 atom stereocenters. The number of hydrogen-bond donors (Lipinski definition) is 1. The van der Waals surface area contributed by atoms with Crippen molar-refractivity contribution in [1.82, 2.24) is 4.57 Å². The number of carbonyl (C=O) groups is 1. The van der Waals surface area contributed by atoms with Crippen LogP contribution in [-0.2, 0) is 11.3 Å². The topological polar surface area (TPSA) is 78.7 Å². The van der Waals surface area contributed by atoms with Crippen LogP contribution in [0.2, 0.25) is 0 Å². The van der Waals surface area contributed by atoms with Crippen molar-refractivity contribution in [3.05, 3.63) is 52.8 Å². The lowest BCUT2D eigenvalue weighted by Crippen LogP contribution is -2.21. The fraction of sp³-hybridized carbons (Fsp3) is 0.368. The van der Waals surface area contributed by atoms with E-state index in [0.29, 0.717) is 6.10 Å². The molecular formula is C19H22N3O3-. The van der Waals surface area contributed by atoms with Gasteiger partial charge in [-0.1, -0.05) is 12.1 Å². The van der Waals surface area contributed by atoms with Crippen molar-refractivity contribution in [2.24, 2.45) is 5.10 Å². The van der Waals surface area contributed by atoms with E-state index in [4.69, 9.17) is 4.74 Å². The van der Waals surface area contributed by atoms with Crippen LogP contribution >= 0.6 is 0 Å². The number of aromatic carboxylic acids is 1. The van der Waals surface area contributed by atoms with E-state index in [0.717, 1.165) is 42.9 Å². The lowest BCUT2D eigenvalue weighted by Gasteiger charge is -2.14. The zero-order valence-electron chi connectivity index (χ0n) is 14.5. The van der Waals surface area contributed by atoms with Gasteiger partial charge in [0, 0.05) is 30.1 Å². The summed E-state index contributed by atoms with van der Waals surface area (Å²) in [6.45, 7) is 5.91. The molecule has 2 aromatic rings. The first kappa shape index (κ1) is 17.2. The Morgan fingerprint density at radius 2 is 2.16 bits per heavy atom. The number of carbonyl (C=O) groups excluding carboxylic acids is 1. The highest BCUT2D eigenvalue weighted by atomic mass is 16.5. The summed E-state index contributed by atoms with van der Waals surface area (Å²) >= 11 is 0. The molecule has 1 aromatic carbocycles. The number of carboxylic acid groups (broad SMARTS) is 1. The number of benzene rings is 1. The summed E-state index contributed by atoms with van der Waals surface area (Å²) in [5.74, 6) is -1.19. The molecule has 1 fully saturated rings. The summed E-state index contributed by atoms with van der Waals surface area (Å²) in [5.41, 5.74) is 7.17. The van der Waals surface area contributed by atoms with E-state index in [1.54, 1.807) is 18.3 Å². The molecule has 1 saturated heterocycles. The Labute approximate surface area is 147 Å². The normalized spacial score (nSPS) is 17.3. The molecule has 1 aliphatic rings. The Kier molecular flexibility index (Phi) is 5.19. The fourth-order valence-corrected chi connectivity index (χ4v) is 3.09. The number of rotatable bonds is 6. The maximum atomic E-state index is 10.7. The van der Waals surface area contributed by atoms with Crippen LogP contribution < -0.4 is 10.5 Å². The van der Waals surface area contributed by atoms with E-state index >= 15 is 0 Å². The predicted octanol–water partition coefficient (Wildman–Crippen LogP) is 2.09. The molecule has 0 aliphatic carbocycles. The van der Waals surface area contributed by atoms with Gasteiger partial charge in [-0.2, -0.15) is 5.10 Å². The van der Waals surface area contributed by atoms with Gasteiger partial charge < -0.3 is 19.2 Å². The molecule has 0 spiro atoms. The average molecular weight is 340 g/mol. The van der Waals surface area contributed by atoms with Crippen molar-refractivity contribution in [1.29, 1.82) is 0 Å². The van der Waals surface area contributed by atoms with Crippen LogP contribution in [0.1, 0.15) is 40.2 Å². The number of hydrogen-bond acceptors (Lipinski definition) is 5. The van der Waals surface area contributed by atoms with Gasteiger partial charge in [0.05, 0.1) is 24.0 Å². The molecule has 6 nitrogen and oxygen atoms in total. The first-order valence-corrected chi connectivity index (χ1v) is 8.43. The highest BCUT2D eigenvalue weighted by molar-refractivity contribution is 5.86. The van der Waals surface area contributed by atoms with E-state index < -0.39 is 5.97 Å². The number of nitrogens with one attached hydrogen (secondary N) is 1. The Bertz CT molecular complexity index is 772. The molecule has 0 bridgehead atoms. The molecule has 1 aliphatic heterocycles. The van der Waals surface area contributed by atoms with Crippen LogP contribution in [0.25, 0.3) is 0 Å². The molecule has 0 amide bonds. The van der Waals surface area contributed by atoms with E-state index in [1.165, 1.54) is 17.8 Å².